The SMILES string of the molecule is COc1ccc(-c2csc(NC(=O)C3(C)Sc4ccccc4NC3=O)n2)cc1. The van der Waals surface area contributed by atoms with Gasteiger partial charge in [-0.05, 0) is 43.3 Å². The van der Waals surface area contributed by atoms with Gasteiger partial charge in [0.25, 0.3) is 5.91 Å². The molecule has 142 valence electrons. The van der Waals surface area contributed by atoms with E-state index in [1.165, 1.54) is 23.1 Å². The first-order valence-electron chi connectivity index (χ1n) is 8.50. The number of para-hydroxylation sites is 1. The van der Waals surface area contributed by atoms with Crippen LogP contribution in [0.1, 0.15) is 6.92 Å². The molecule has 6 nitrogen and oxygen atoms in total. The topological polar surface area (TPSA) is 80.3 Å². The van der Waals surface area contributed by atoms with Crippen LogP contribution in [-0.4, -0.2) is 28.7 Å². The highest BCUT2D eigenvalue weighted by Gasteiger charge is 2.46. The summed E-state index contributed by atoms with van der Waals surface area (Å²) in [4.78, 5) is 30.8. The van der Waals surface area contributed by atoms with Crippen LogP contribution in [0.2, 0.25) is 0 Å². The van der Waals surface area contributed by atoms with Gasteiger partial charge in [-0.15, -0.1) is 11.3 Å². The van der Waals surface area contributed by atoms with Gasteiger partial charge < -0.3 is 15.4 Å². The van der Waals surface area contributed by atoms with Gasteiger partial charge in [-0.2, -0.15) is 0 Å². The van der Waals surface area contributed by atoms with Gasteiger partial charge in [0.1, 0.15) is 5.75 Å². The first-order valence-corrected chi connectivity index (χ1v) is 10.2. The summed E-state index contributed by atoms with van der Waals surface area (Å²) in [5, 5.41) is 7.91. The van der Waals surface area contributed by atoms with Crippen molar-refractivity contribution in [1.82, 2.24) is 4.98 Å². The molecule has 0 saturated carbocycles. The summed E-state index contributed by atoms with van der Waals surface area (Å²) in [5.41, 5.74) is 2.39. The van der Waals surface area contributed by atoms with E-state index < -0.39 is 10.7 Å². The number of carbonyl (C=O) groups is 2. The molecule has 28 heavy (non-hydrogen) atoms. The zero-order valence-electron chi connectivity index (χ0n) is 15.2. The van der Waals surface area contributed by atoms with Crippen LogP contribution in [0.25, 0.3) is 11.3 Å². The Hall–Kier alpha value is -2.84. The number of ether oxygens (including phenoxy) is 1. The molecule has 0 aliphatic carbocycles. The number of amides is 2. The number of methoxy groups -OCH3 is 1. The predicted molar refractivity (Wildman–Crippen MR) is 112 cm³/mol. The molecular formula is C20H17N3O3S2. The molecule has 2 N–H and O–H groups in total. The van der Waals surface area contributed by atoms with Gasteiger partial charge in [0, 0.05) is 15.8 Å². The van der Waals surface area contributed by atoms with Gasteiger partial charge in [-0.25, -0.2) is 4.98 Å². The van der Waals surface area contributed by atoms with E-state index in [1.54, 1.807) is 14.0 Å². The standard InChI is InChI=1S/C20H17N3O3S2/c1-20(17(24)21-14-5-3-4-6-16(14)28-20)18(25)23-19-22-15(11-27-19)12-7-9-13(26-2)10-8-12/h3-11H,1-2H3,(H,21,24)(H,22,23,25). The fourth-order valence-corrected chi connectivity index (χ4v) is 4.58. The summed E-state index contributed by atoms with van der Waals surface area (Å²) < 4.78 is 3.88. The molecule has 2 amide bonds. The van der Waals surface area contributed by atoms with E-state index in [2.05, 4.69) is 15.6 Å². The molecule has 1 aliphatic rings. The van der Waals surface area contributed by atoms with Crippen molar-refractivity contribution in [2.75, 3.05) is 17.7 Å². The first kappa shape index (κ1) is 18.5. The number of nitrogens with zero attached hydrogens (tertiary/aromatic N) is 1. The monoisotopic (exact) mass is 411 g/mol. The van der Waals surface area contributed by atoms with E-state index in [1.807, 2.05) is 53.9 Å². The molecule has 1 aromatic heterocycles. The summed E-state index contributed by atoms with van der Waals surface area (Å²) in [5.74, 6) is 0.0156. The number of aromatic nitrogens is 1. The lowest BCUT2D eigenvalue weighted by atomic mass is 10.1. The number of thioether (sulfide) groups is 1. The van der Waals surface area contributed by atoms with Crippen molar-refractivity contribution >= 4 is 45.7 Å². The summed E-state index contributed by atoms with van der Waals surface area (Å²) in [6.45, 7) is 1.62. The number of fused-ring (bicyclic) bond motifs is 1. The van der Waals surface area contributed by atoms with Gasteiger partial charge >= 0.3 is 0 Å². The molecule has 1 unspecified atom stereocenters. The van der Waals surface area contributed by atoms with Crippen molar-refractivity contribution in [2.45, 2.75) is 16.6 Å². The number of hydrogen-bond donors (Lipinski definition) is 2. The molecule has 4 rings (SSSR count). The smallest absolute Gasteiger partial charge is 0.252 e. The highest BCUT2D eigenvalue weighted by Crippen LogP contribution is 2.43. The van der Waals surface area contributed by atoms with Gasteiger partial charge in [-0.1, -0.05) is 23.9 Å². The first-order chi connectivity index (χ1) is 13.5. The van der Waals surface area contributed by atoms with Crippen LogP contribution in [0.4, 0.5) is 10.8 Å². The molecule has 0 fully saturated rings. The Morgan fingerprint density at radius 3 is 2.68 bits per heavy atom. The Morgan fingerprint density at radius 2 is 1.93 bits per heavy atom. The molecule has 8 heteroatoms. The van der Waals surface area contributed by atoms with E-state index in [0.29, 0.717) is 5.13 Å². The lowest BCUT2D eigenvalue weighted by molar-refractivity contribution is -0.126. The van der Waals surface area contributed by atoms with E-state index in [4.69, 9.17) is 4.74 Å². The van der Waals surface area contributed by atoms with Crippen LogP contribution in [0.5, 0.6) is 5.75 Å². The minimum absolute atomic E-state index is 0.347. The highest BCUT2D eigenvalue weighted by molar-refractivity contribution is 8.02. The zero-order chi connectivity index (χ0) is 19.7. The fourth-order valence-electron chi connectivity index (χ4n) is 2.76. The van der Waals surface area contributed by atoms with Crippen LogP contribution < -0.4 is 15.4 Å². The van der Waals surface area contributed by atoms with Crippen LogP contribution in [0, 0.1) is 0 Å². The Labute approximate surface area is 170 Å². The van der Waals surface area contributed by atoms with Crippen molar-refractivity contribution in [3.05, 3.63) is 53.9 Å². The van der Waals surface area contributed by atoms with Gasteiger partial charge in [0.05, 0.1) is 18.5 Å². The lowest BCUT2D eigenvalue weighted by Crippen LogP contribution is -2.49. The van der Waals surface area contributed by atoms with Crippen molar-refractivity contribution in [2.24, 2.45) is 0 Å². The quantitative estimate of drug-likeness (QED) is 0.627. The second-order valence-electron chi connectivity index (χ2n) is 6.31. The van der Waals surface area contributed by atoms with E-state index in [-0.39, 0.29) is 5.91 Å². The maximum Gasteiger partial charge on any atom is 0.252 e. The van der Waals surface area contributed by atoms with Crippen LogP contribution in [0.3, 0.4) is 0 Å². The zero-order valence-corrected chi connectivity index (χ0v) is 16.8. The molecule has 0 bridgehead atoms. The third kappa shape index (κ3) is 3.36. The minimum atomic E-state index is -1.28. The number of nitrogens with one attached hydrogen (secondary N) is 2. The van der Waals surface area contributed by atoms with Gasteiger partial charge in [0.15, 0.2) is 9.88 Å². The van der Waals surface area contributed by atoms with E-state index in [9.17, 15) is 9.59 Å². The Balaban J connectivity index is 1.52. The number of thiazole rings is 1. The van der Waals surface area contributed by atoms with Crippen molar-refractivity contribution in [1.29, 1.82) is 0 Å². The van der Waals surface area contributed by atoms with Crippen molar-refractivity contribution in [3.8, 4) is 17.0 Å². The number of benzene rings is 2. The third-order valence-electron chi connectivity index (χ3n) is 4.43. The molecule has 1 aliphatic heterocycles. The second kappa shape index (κ2) is 7.29. The average molecular weight is 412 g/mol. The molecule has 1 atom stereocenters. The van der Waals surface area contributed by atoms with Crippen LogP contribution >= 0.6 is 23.1 Å². The number of carbonyl (C=O) groups excluding carboxylic acids is 2. The summed E-state index contributed by atoms with van der Waals surface area (Å²) in [6.07, 6.45) is 0. The number of anilines is 2. The molecular weight excluding hydrogens is 394 g/mol. The van der Waals surface area contributed by atoms with Crippen molar-refractivity contribution in [3.63, 3.8) is 0 Å². The normalized spacial score (nSPS) is 18.1. The summed E-state index contributed by atoms with van der Waals surface area (Å²) in [6, 6.07) is 14.9. The second-order valence-corrected chi connectivity index (χ2v) is 8.62. The molecule has 2 heterocycles. The Kier molecular flexibility index (Phi) is 4.82. The fraction of sp³-hybridized carbons (Fsp3) is 0.150. The third-order valence-corrected chi connectivity index (χ3v) is 6.54. The summed E-state index contributed by atoms with van der Waals surface area (Å²) >= 11 is 2.56. The predicted octanol–water partition coefficient (Wildman–Crippen LogP) is 4.26. The minimum Gasteiger partial charge on any atom is -0.497 e. The maximum atomic E-state index is 12.9. The summed E-state index contributed by atoms with van der Waals surface area (Å²) in [7, 11) is 1.61. The van der Waals surface area contributed by atoms with Crippen molar-refractivity contribution < 1.29 is 14.3 Å². The van der Waals surface area contributed by atoms with Gasteiger partial charge in [-0.3, -0.25) is 9.59 Å². The molecule has 2 aromatic carbocycles. The maximum absolute atomic E-state index is 12.9. The highest BCUT2D eigenvalue weighted by atomic mass is 32.2. The Bertz CT molecular complexity index is 1050. The van der Waals surface area contributed by atoms with E-state index in [0.717, 1.165) is 27.6 Å². The molecule has 0 spiro atoms. The molecule has 3 aromatic rings. The molecule has 0 radical (unpaired) electrons. The number of hydrogen-bond acceptors (Lipinski definition) is 6. The van der Waals surface area contributed by atoms with E-state index >= 15 is 0 Å². The number of rotatable bonds is 4. The molecule has 0 saturated heterocycles. The largest absolute Gasteiger partial charge is 0.497 e. The Morgan fingerprint density at radius 1 is 1.18 bits per heavy atom. The van der Waals surface area contributed by atoms with Crippen LogP contribution in [0.15, 0.2) is 58.8 Å². The average Bonchev–Trinajstić information content (AvgIpc) is 3.17. The van der Waals surface area contributed by atoms with Crippen LogP contribution in [-0.2, 0) is 9.59 Å². The van der Waals surface area contributed by atoms with Gasteiger partial charge in [0.2, 0.25) is 5.91 Å². The lowest BCUT2D eigenvalue weighted by Gasteiger charge is -2.31.